The molecule has 1 aromatic carbocycles. The molecule has 1 aromatic rings. The molecule has 1 aliphatic heterocycles. The van der Waals surface area contributed by atoms with Crippen LogP contribution >= 0.6 is 0 Å². The van der Waals surface area contributed by atoms with Crippen molar-refractivity contribution < 1.29 is 24.9 Å². The minimum Gasteiger partial charge on any atom is -0.392 e. The summed E-state index contributed by atoms with van der Waals surface area (Å²) in [5.74, 6) is -0.687. The summed E-state index contributed by atoms with van der Waals surface area (Å²) >= 11 is 0. The Bertz CT molecular complexity index is 1250. The Kier molecular flexibility index (Phi) is 6.09. The van der Waals surface area contributed by atoms with Crippen LogP contribution in [0.5, 0.6) is 0 Å². The minimum absolute atomic E-state index is 0.0242. The largest absolute Gasteiger partial charge is 0.392 e. The zero-order valence-electron chi connectivity index (χ0n) is 23.4. The number of carbonyl (C=O) groups is 2. The molecule has 0 unspecified atom stereocenters. The predicted molar refractivity (Wildman–Crippen MR) is 147 cm³/mol. The van der Waals surface area contributed by atoms with E-state index in [1.165, 1.54) is 0 Å². The van der Waals surface area contributed by atoms with Crippen LogP contribution in [0.4, 0.5) is 0 Å². The van der Waals surface area contributed by atoms with Crippen LogP contribution in [0.2, 0.25) is 0 Å². The van der Waals surface area contributed by atoms with Gasteiger partial charge in [0, 0.05) is 5.92 Å². The third kappa shape index (κ3) is 3.49. The highest BCUT2D eigenvalue weighted by Crippen LogP contribution is 2.71. The number of carbonyl (C=O) groups excluding carboxylic acids is 2. The fourth-order valence-electron chi connectivity index (χ4n) is 9.12. The van der Waals surface area contributed by atoms with Gasteiger partial charge in [-0.1, -0.05) is 68.8 Å². The van der Waals surface area contributed by atoms with Crippen LogP contribution in [0.1, 0.15) is 52.5 Å². The third-order valence-corrected chi connectivity index (χ3v) is 11.3. The Labute approximate surface area is 230 Å². The van der Waals surface area contributed by atoms with E-state index in [9.17, 15) is 24.9 Å². The predicted octanol–water partition coefficient (Wildman–Crippen LogP) is 2.30. The van der Waals surface area contributed by atoms with Crippen molar-refractivity contribution in [2.75, 3.05) is 13.2 Å². The van der Waals surface area contributed by atoms with Crippen molar-refractivity contribution in [1.82, 2.24) is 10.6 Å². The maximum absolute atomic E-state index is 14.6. The number of aliphatic hydroxyl groups excluding tert-OH is 2. The number of aliphatic hydroxyl groups is 3. The van der Waals surface area contributed by atoms with Crippen LogP contribution in [0, 0.1) is 34.5 Å². The highest BCUT2D eigenvalue weighted by molar-refractivity contribution is 5.96. The average molecular weight is 535 g/mol. The number of ketones is 1. The first-order valence-corrected chi connectivity index (χ1v) is 14.5. The lowest BCUT2D eigenvalue weighted by Gasteiger charge is -2.50. The number of rotatable bonds is 5. The Hall–Kier alpha value is -2.32. The molecule has 9 atom stereocenters. The Balaban J connectivity index is 1.41. The van der Waals surface area contributed by atoms with Crippen LogP contribution in [-0.2, 0) is 16.0 Å². The van der Waals surface area contributed by atoms with Gasteiger partial charge in [-0.05, 0) is 73.5 Å². The first-order valence-electron chi connectivity index (χ1n) is 14.5. The molecule has 5 N–H and O–H groups in total. The van der Waals surface area contributed by atoms with Crippen LogP contribution < -0.4 is 10.6 Å². The summed E-state index contributed by atoms with van der Waals surface area (Å²) in [6.45, 7) is 8.44. The molecule has 39 heavy (non-hydrogen) atoms. The number of amides is 1. The number of benzene rings is 1. The number of fused-ring (bicyclic) bond motifs is 3. The Morgan fingerprint density at radius 1 is 1.21 bits per heavy atom. The lowest BCUT2D eigenvalue weighted by atomic mass is 9.58. The number of Topliss-reactive ketones (excluding diaryl/α,β-unsaturated/α-hetero) is 1. The summed E-state index contributed by atoms with van der Waals surface area (Å²) in [4.78, 5) is 28.7. The van der Waals surface area contributed by atoms with Crippen LogP contribution in [-0.4, -0.2) is 63.4 Å². The molecule has 1 spiro atoms. The molecule has 1 saturated heterocycles. The van der Waals surface area contributed by atoms with Crippen molar-refractivity contribution in [3.05, 3.63) is 59.2 Å². The van der Waals surface area contributed by atoms with E-state index in [-0.39, 0.29) is 34.5 Å². The first-order chi connectivity index (χ1) is 18.4. The van der Waals surface area contributed by atoms with Crippen molar-refractivity contribution in [2.45, 2.75) is 76.7 Å². The van der Waals surface area contributed by atoms with Gasteiger partial charge < -0.3 is 26.0 Å². The van der Waals surface area contributed by atoms with Gasteiger partial charge >= 0.3 is 0 Å². The number of allylic oxidation sites excluding steroid dienone is 1. The maximum Gasteiger partial charge on any atom is 0.241 e. The van der Waals surface area contributed by atoms with Gasteiger partial charge in [0.05, 0.1) is 18.1 Å². The smallest absolute Gasteiger partial charge is 0.241 e. The van der Waals surface area contributed by atoms with Gasteiger partial charge in [0.25, 0.3) is 0 Å². The summed E-state index contributed by atoms with van der Waals surface area (Å²) in [5.41, 5.74) is -2.30. The van der Waals surface area contributed by atoms with Gasteiger partial charge in [0.1, 0.15) is 17.2 Å². The molecule has 2 saturated carbocycles. The standard InChI is InChI=1S/C32H42N2O5/c1-18-15-31-19(2)13-23-24(29(23,3)4)22(27(31)37)14-21(17-35)26(36)32(31,39)25(18)34-28(38)30(11-8-12-33-30)16-20-9-6-5-7-10-20/h5-7,9-10,14-15,19,22-26,33,35-36,39H,8,11-13,16-17H2,1-4H3,(H,34,38)/t19-,22+,23-,24+,25+,26-,30-,31+,32-/m1/s1. The van der Waals surface area contributed by atoms with E-state index in [1.54, 1.807) is 6.08 Å². The van der Waals surface area contributed by atoms with Crippen molar-refractivity contribution in [3.8, 4) is 0 Å². The van der Waals surface area contributed by atoms with Crippen molar-refractivity contribution in [1.29, 1.82) is 0 Å². The van der Waals surface area contributed by atoms with E-state index in [0.717, 1.165) is 18.4 Å². The van der Waals surface area contributed by atoms with Crippen LogP contribution in [0.15, 0.2) is 53.6 Å². The molecule has 2 bridgehead atoms. The molecule has 7 heteroatoms. The Morgan fingerprint density at radius 2 is 1.92 bits per heavy atom. The number of nitrogens with one attached hydrogen (secondary N) is 2. The molecule has 6 rings (SSSR count). The topological polar surface area (TPSA) is 119 Å². The average Bonchev–Trinajstić information content (AvgIpc) is 3.19. The summed E-state index contributed by atoms with van der Waals surface area (Å²) in [5, 5.41) is 41.5. The highest BCUT2D eigenvalue weighted by atomic mass is 16.3. The molecule has 4 aliphatic carbocycles. The summed E-state index contributed by atoms with van der Waals surface area (Å²) in [6.07, 6.45) is 4.82. The van der Waals surface area contributed by atoms with Gasteiger partial charge in [-0.25, -0.2) is 0 Å². The lowest BCUT2D eigenvalue weighted by Crippen LogP contribution is -2.70. The first kappa shape index (κ1) is 26.9. The fourth-order valence-corrected chi connectivity index (χ4v) is 9.12. The van der Waals surface area contributed by atoms with Crippen molar-refractivity contribution in [2.24, 2.45) is 34.5 Å². The summed E-state index contributed by atoms with van der Waals surface area (Å²) in [6, 6.07) is 8.89. The minimum atomic E-state index is -2.01. The molecule has 0 radical (unpaired) electrons. The Morgan fingerprint density at radius 3 is 2.56 bits per heavy atom. The van der Waals surface area contributed by atoms with Gasteiger partial charge in [0.2, 0.25) is 5.91 Å². The summed E-state index contributed by atoms with van der Waals surface area (Å²) < 4.78 is 0. The second kappa shape index (κ2) is 8.84. The third-order valence-electron chi connectivity index (χ3n) is 11.3. The van der Waals surface area contributed by atoms with E-state index < -0.39 is 41.2 Å². The summed E-state index contributed by atoms with van der Waals surface area (Å²) in [7, 11) is 0. The van der Waals surface area contributed by atoms with Gasteiger partial charge in [-0.15, -0.1) is 0 Å². The van der Waals surface area contributed by atoms with E-state index in [0.29, 0.717) is 30.9 Å². The number of hydrogen-bond acceptors (Lipinski definition) is 6. The van der Waals surface area contributed by atoms with Crippen LogP contribution in [0.25, 0.3) is 0 Å². The molecule has 0 aromatic heterocycles. The fraction of sp³-hybridized carbons (Fsp3) is 0.625. The van der Waals surface area contributed by atoms with E-state index >= 15 is 0 Å². The molecule has 7 nitrogen and oxygen atoms in total. The van der Waals surface area contributed by atoms with Crippen molar-refractivity contribution in [3.63, 3.8) is 0 Å². The van der Waals surface area contributed by atoms with Gasteiger partial charge in [0.15, 0.2) is 5.78 Å². The molecular weight excluding hydrogens is 492 g/mol. The molecule has 1 heterocycles. The molecule has 3 fully saturated rings. The highest BCUT2D eigenvalue weighted by Gasteiger charge is 2.76. The second-order valence-electron chi connectivity index (χ2n) is 13.5. The maximum atomic E-state index is 14.6. The second-order valence-corrected chi connectivity index (χ2v) is 13.5. The van der Waals surface area contributed by atoms with E-state index in [4.69, 9.17) is 0 Å². The van der Waals surface area contributed by atoms with Gasteiger partial charge in [-0.2, -0.15) is 0 Å². The van der Waals surface area contributed by atoms with Gasteiger partial charge in [-0.3, -0.25) is 9.59 Å². The quantitative estimate of drug-likeness (QED) is 0.370. The van der Waals surface area contributed by atoms with Crippen LogP contribution in [0.3, 0.4) is 0 Å². The molecular formula is C32H42N2O5. The van der Waals surface area contributed by atoms with E-state index in [2.05, 4.69) is 24.5 Å². The monoisotopic (exact) mass is 534 g/mol. The lowest BCUT2D eigenvalue weighted by molar-refractivity contribution is -0.172. The van der Waals surface area contributed by atoms with E-state index in [1.807, 2.05) is 50.3 Å². The zero-order valence-corrected chi connectivity index (χ0v) is 23.4. The SMILES string of the molecule is CC1=C[C@]23C(=O)[C@@H](C=C(CO)[C@@H](O)[C@]2(O)[C@H]1NC(=O)[C@]1(Cc2ccccc2)CCCN1)[C@H]1[C@@H](C[C@H]3C)C1(C)C. The molecule has 210 valence electrons. The zero-order chi connectivity index (χ0) is 28.0. The normalized spacial score (nSPS) is 43.9. The number of hydrogen-bond donors (Lipinski definition) is 5. The van der Waals surface area contributed by atoms with Crippen molar-refractivity contribution >= 4 is 11.7 Å². The molecule has 1 amide bonds. The molecule has 5 aliphatic rings.